The summed E-state index contributed by atoms with van der Waals surface area (Å²) in [4.78, 5) is 13.4. The fourth-order valence-corrected chi connectivity index (χ4v) is 4.70. The molecule has 0 atom stereocenters. The molecule has 1 aliphatic heterocycles. The molecule has 0 unspecified atom stereocenters. The molecule has 0 spiro atoms. The number of morpholine rings is 1. The average molecular weight is 347 g/mol. The van der Waals surface area contributed by atoms with Crippen LogP contribution in [0, 0.1) is 0 Å². The first-order valence-corrected chi connectivity index (χ1v) is 9.52. The van der Waals surface area contributed by atoms with Gasteiger partial charge < -0.3 is 15.0 Å². The van der Waals surface area contributed by atoms with E-state index < -0.39 is 0 Å². The van der Waals surface area contributed by atoms with Crippen LogP contribution in [0.25, 0.3) is 20.7 Å². The number of thiophene rings is 2. The zero-order valence-corrected chi connectivity index (χ0v) is 14.6. The Bertz CT molecular complexity index is 794. The van der Waals surface area contributed by atoms with Crippen molar-refractivity contribution in [1.29, 1.82) is 0 Å². The molecule has 0 aromatic carbocycles. The molecule has 0 amide bonds. The number of fused-ring (bicyclic) bond motifs is 1. The van der Waals surface area contributed by atoms with Crippen LogP contribution in [-0.2, 0) is 11.3 Å². The molecular weight excluding hydrogens is 328 g/mol. The van der Waals surface area contributed by atoms with Gasteiger partial charge in [-0.2, -0.15) is 0 Å². The van der Waals surface area contributed by atoms with E-state index in [-0.39, 0.29) is 0 Å². The second-order valence-corrected chi connectivity index (χ2v) is 7.39. The molecule has 120 valence electrons. The summed E-state index contributed by atoms with van der Waals surface area (Å²) in [5.41, 5.74) is 1.23. The van der Waals surface area contributed by atoms with Crippen molar-refractivity contribution in [2.24, 2.45) is 0 Å². The predicted octanol–water partition coefficient (Wildman–Crippen LogP) is 1.88. The molecule has 2 N–H and O–H groups in total. The molecule has 0 radical (unpaired) electrons. The number of hydrogen-bond acceptors (Lipinski definition) is 6. The zero-order chi connectivity index (χ0) is 15.6. The molecule has 5 nitrogen and oxygen atoms in total. The summed E-state index contributed by atoms with van der Waals surface area (Å²) in [5.74, 6) is 1.85. The first-order chi connectivity index (χ1) is 11.3. The van der Waals surface area contributed by atoms with Crippen LogP contribution in [0.5, 0.6) is 0 Å². The molecule has 0 bridgehead atoms. The van der Waals surface area contributed by atoms with Crippen LogP contribution in [0.15, 0.2) is 22.9 Å². The molecule has 3 aromatic heterocycles. The van der Waals surface area contributed by atoms with E-state index in [1.807, 2.05) is 7.05 Å². The van der Waals surface area contributed by atoms with Crippen molar-refractivity contribution in [1.82, 2.24) is 9.97 Å². The number of anilines is 1. The van der Waals surface area contributed by atoms with Crippen molar-refractivity contribution >= 4 is 38.7 Å². The van der Waals surface area contributed by atoms with Gasteiger partial charge in [-0.1, -0.05) is 6.07 Å². The summed E-state index contributed by atoms with van der Waals surface area (Å²) >= 11 is 3.45. The van der Waals surface area contributed by atoms with Gasteiger partial charge in [0, 0.05) is 22.9 Å². The molecule has 1 aliphatic rings. The fourth-order valence-electron chi connectivity index (χ4n) is 2.92. The van der Waals surface area contributed by atoms with Crippen LogP contribution in [0.2, 0.25) is 0 Å². The van der Waals surface area contributed by atoms with E-state index in [0.29, 0.717) is 0 Å². The highest BCUT2D eigenvalue weighted by Crippen LogP contribution is 2.38. The Morgan fingerprint density at radius 2 is 2.13 bits per heavy atom. The van der Waals surface area contributed by atoms with Gasteiger partial charge >= 0.3 is 0 Å². The number of aromatic nitrogens is 2. The van der Waals surface area contributed by atoms with E-state index in [0.717, 1.165) is 54.7 Å². The number of ether oxygens (including phenoxy) is 1. The minimum absolute atomic E-state index is 0.831. The zero-order valence-electron chi connectivity index (χ0n) is 13.0. The minimum Gasteiger partial charge on any atom is -0.372 e. The highest BCUT2D eigenvalue weighted by atomic mass is 32.1. The third-order valence-corrected chi connectivity index (χ3v) is 5.89. The topological polar surface area (TPSA) is 51.5 Å². The molecule has 0 saturated carbocycles. The smallest absolute Gasteiger partial charge is 0.187 e. The Kier molecular flexibility index (Phi) is 4.26. The van der Waals surface area contributed by atoms with Crippen LogP contribution in [0.4, 0.5) is 5.82 Å². The summed E-state index contributed by atoms with van der Waals surface area (Å²) in [6, 6.07) is 4.23. The summed E-state index contributed by atoms with van der Waals surface area (Å²) < 4.78 is 5.43. The van der Waals surface area contributed by atoms with Gasteiger partial charge in [-0.3, -0.25) is 0 Å². The minimum atomic E-state index is 0.831. The number of quaternary nitrogens is 1. The normalized spacial score (nSPS) is 16.0. The summed E-state index contributed by atoms with van der Waals surface area (Å²) in [6.45, 7) is 4.58. The van der Waals surface area contributed by atoms with Gasteiger partial charge in [0.1, 0.15) is 30.3 Å². The monoisotopic (exact) mass is 347 g/mol. The van der Waals surface area contributed by atoms with Crippen LogP contribution >= 0.6 is 22.7 Å². The van der Waals surface area contributed by atoms with Gasteiger partial charge in [0.25, 0.3) is 0 Å². The lowest BCUT2D eigenvalue weighted by Crippen LogP contribution is -3.12. The van der Waals surface area contributed by atoms with Crippen LogP contribution in [-0.4, -0.2) is 43.3 Å². The van der Waals surface area contributed by atoms with E-state index in [2.05, 4.69) is 28.2 Å². The van der Waals surface area contributed by atoms with Gasteiger partial charge in [0.2, 0.25) is 0 Å². The highest BCUT2D eigenvalue weighted by Gasteiger charge is 2.19. The molecule has 23 heavy (non-hydrogen) atoms. The molecule has 3 aromatic rings. The van der Waals surface area contributed by atoms with Crippen molar-refractivity contribution in [2.45, 2.75) is 6.54 Å². The van der Waals surface area contributed by atoms with E-state index in [1.54, 1.807) is 22.7 Å². The third-order valence-electron chi connectivity index (χ3n) is 4.11. The maximum Gasteiger partial charge on any atom is 0.187 e. The molecule has 0 aliphatic carbocycles. The standard InChI is InChI=1S/C16H18N4OS2/c1-17-15-14-11(12-3-2-8-22-12)10-23-16(14)19-13(18-15)9-20-4-6-21-7-5-20/h2-3,8,10H,4-7,9H2,1H3,(H,17,18,19)/p+1. The van der Waals surface area contributed by atoms with E-state index in [1.165, 1.54) is 15.3 Å². The Morgan fingerprint density at radius 3 is 2.87 bits per heavy atom. The maximum absolute atomic E-state index is 5.43. The fraction of sp³-hybridized carbons (Fsp3) is 0.375. The van der Waals surface area contributed by atoms with Gasteiger partial charge in [0.15, 0.2) is 5.82 Å². The second kappa shape index (κ2) is 6.52. The lowest BCUT2D eigenvalue weighted by molar-refractivity contribution is -0.922. The predicted molar refractivity (Wildman–Crippen MR) is 95.5 cm³/mol. The first-order valence-electron chi connectivity index (χ1n) is 7.76. The van der Waals surface area contributed by atoms with Gasteiger partial charge in [-0.25, -0.2) is 9.97 Å². The first kappa shape index (κ1) is 15.0. The maximum atomic E-state index is 5.43. The van der Waals surface area contributed by atoms with Crippen molar-refractivity contribution in [3.8, 4) is 10.4 Å². The molecular formula is C16H19N4OS2+. The highest BCUT2D eigenvalue weighted by molar-refractivity contribution is 7.18. The quantitative estimate of drug-likeness (QED) is 0.757. The Hall–Kier alpha value is -1.54. The van der Waals surface area contributed by atoms with E-state index in [9.17, 15) is 0 Å². The average Bonchev–Trinajstić information content (AvgIpc) is 3.24. The number of hydrogen-bond donors (Lipinski definition) is 2. The van der Waals surface area contributed by atoms with Gasteiger partial charge in [-0.05, 0) is 11.4 Å². The number of rotatable bonds is 4. The Morgan fingerprint density at radius 1 is 1.26 bits per heavy atom. The lowest BCUT2D eigenvalue weighted by Gasteiger charge is -2.23. The van der Waals surface area contributed by atoms with Crippen LogP contribution in [0.1, 0.15) is 5.82 Å². The van der Waals surface area contributed by atoms with Gasteiger partial charge in [-0.15, -0.1) is 22.7 Å². The van der Waals surface area contributed by atoms with E-state index in [4.69, 9.17) is 14.7 Å². The molecule has 1 saturated heterocycles. The largest absolute Gasteiger partial charge is 0.372 e. The molecule has 4 rings (SSSR count). The summed E-state index contributed by atoms with van der Waals surface area (Å²) in [5, 5.41) is 8.70. The molecule has 1 fully saturated rings. The second-order valence-electron chi connectivity index (χ2n) is 5.58. The van der Waals surface area contributed by atoms with Crippen LogP contribution in [0.3, 0.4) is 0 Å². The van der Waals surface area contributed by atoms with Crippen molar-refractivity contribution in [2.75, 3.05) is 38.7 Å². The number of nitrogens with zero attached hydrogens (tertiary/aromatic N) is 2. The Labute approximate surface area is 142 Å². The lowest BCUT2D eigenvalue weighted by atomic mass is 10.2. The summed E-state index contributed by atoms with van der Waals surface area (Å²) in [7, 11) is 1.93. The van der Waals surface area contributed by atoms with Crippen LogP contribution < -0.4 is 10.2 Å². The SMILES string of the molecule is CNc1nc(C[NH+]2CCOCC2)nc2scc(-c3cccs3)c12. The molecule has 4 heterocycles. The Balaban J connectivity index is 1.72. The van der Waals surface area contributed by atoms with Crippen molar-refractivity contribution in [3.05, 3.63) is 28.7 Å². The van der Waals surface area contributed by atoms with E-state index >= 15 is 0 Å². The van der Waals surface area contributed by atoms with Gasteiger partial charge in [0.05, 0.1) is 18.6 Å². The van der Waals surface area contributed by atoms with Crippen molar-refractivity contribution < 1.29 is 9.64 Å². The summed E-state index contributed by atoms with van der Waals surface area (Å²) in [6.07, 6.45) is 0. The third kappa shape index (κ3) is 2.97. The number of nitrogens with one attached hydrogen (secondary N) is 2. The molecule has 7 heteroatoms. The van der Waals surface area contributed by atoms with Crippen molar-refractivity contribution in [3.63, 3.8) is 0 Å².